The summed E-state index contributed by atoms with van der Waals surface area (Å²) in [7, 11) is 0. The van der Waals surface area contributed by atoms with Crippen molar-refractivity contribution in [2.24, 2.45) is 11.3 Å². The van der Waals surface area contributed by atoms with Gasteiger partial charge in [0.05, 0.1) is 6.07 Å². The van der Waals surface area contributed by atoms with Gasteiger partial charge in [-0.2, -0.15) is 5.26 Å². The monoisotopic (exact) mass is 182 g/mol. The Bertz CT molecular complexity index is 215. The first kappa shape index (κ1) is 12.0. The predicted octanol–water partition coefficient (Wildman–Crippen LogP) is 1.70. The lowest BCUT2D eigenvalue weighted by Gasteiger charge is -2.23. The third-order valence-electron chi connectivity index (χ3n) is 2.29. The van der Waals surface area contributed by atoms with Gasteiger partial charge in [0.25, 0.3) is 0 Å². The van der Waals surface area contributed by atoms with Gasteiger partial charge in [-0.3, -0.25) is 4.79 Å². The number of amides is 1. The molecule has 0 spiro atoms. The molecule has 0 radical (unpaired) electrons. The van der Waals surface area contributed by atoms with Gasteiger partial charge >= 0.3 is 0 Å². The molecule has 0 aliphatic heterocycles. The number of hydrogen-bond donors (Lipinski definition) is 1. The van der Waals surface area contributed by atoms with Crippen molar-refractivity contribution in [2.75, 3.05) is 6.54 Å². The van der Waals surface area contributed by atoms with Crippen molar-refractivity contribution in [1.82, 2.24) is 5.32 Å². The molecule has 0 saturated carbocycles. The van der Waals surface area contributed by atoms with Gasteiger partial charge in [0, 0.05) is 6.54 Å². The number of nitrogens with one attached hydrogen (secondary N) is 1. The van der Waals surface area contributed by atoms with Crippen LogP contribution < -0.4 is 5.32 Å². The molecule has 1 N–H and O–H groups in total. The summed E-state index contributed by atoms with van der Waals surface area (Å²) in [5, 5.41) is 11.2. The minimum absolute atomic E-state index is 0.116. The van der Waals surface area contributed by atoms with Gasteiger partial charge in [-0.15, -0.1) is 0 Å². The van der Waals surface area contributed by atoms with E-state index in [-0.39, 0.29) is 11.3 Å². The lowest BCUT2D eigenvalue weighted by molar-refractivity contribution is -0.123. The van der Waals surface area contributed by atoms with E-state index in [1.54, 1.807) is 6.92 Å². The van der Waals surface area contributed by atoms with Gasteiger partial charge in [-0.05, 0) is 18.8 Å². The summed E-state index contributed by atoms with van der Waals surface area (Å²) in [5.74, 6) is -0.725. The maximum absolute atomic E-state index is 11.2. The van der Waals surface area contributed by atoms with Crippen LogP contribution in [0.1, 0.15) is 34.1 Å². The molecule has 0 aliphatic rings. The summed E-state index contributed by atoms with van der Waals surface area (Å²) in [6.07, 6.45) is 1.01. The topological polar surface area (TPSA) is 52.9 Å². The van der Waals surface area contributed by atoms with Crippen molar-refractivity contribution in [3.05, 3.63) is 0 Å². The molecule has 74 valence electrons. The van der Waals surface area contributed by atoms with E-state index in [2.05, 4.69) is 26.1 Å². The summed E-state index contributed by atoms with van der Waals surface area (Å²) in [4.78, 5) is 11.2. The minimum Gasteiger partial charge on any atom is -0.354 e. The first-order valence-corrected chi connectivity index (χ1v) is 4.60. The molecule has 0 aromatic heterocycles. The summed E-state index contributed by atoms with van der Waals surface area (Å²) in [6.45, 7) is 8.50. The van der Waals surface area contributed by atoms with Crippen LogP contribution in [-0.2, 0) is 4.79 Å². The van der Waals surface area contributed by atoms with Crippen LogP contribution in [0.25, 0.3) is 0 Å². The molecule has 0 heterocycles. The zero-order valence-electron chi connectivity index (χ0n) is 8.85. The maximum atomic E-state index is 11.2. The highest BCUT2D eigenvalue weighted by molar-refractivity contribution is 5.80. The molecule has 0 aromatic carbocycles. The zero-order valence-corrected chi connectivity index (χ0v) is 8.85. The third kappa shape index (κ3) is 4.51. The van der Waals surface area contributed by atoms with Crippen molar-refractivity contribution in [3.63, 3.8) is 0 Å². The fourth-order valence-electron chi connectivity index (χ4n) is 0.663. The lowest BCUT2D eigenvalue weighted by Crippen LogP contribution is -2.36. The third-order valence-corrected chi connectivity index (χ3v) is 2.29. The van der Waals surface area contributed by atoms with Gasteiger partial charge in [0.15, 0.2) is 0 Å². The van der Waals surface area contributed by atoms with Crippen LogP contribution in [0, 0.1) is 22.7 Å². The van der Waals surface area contributed by atoms with E-state index in [0.29, 0.717) is 6.54 Å². The van der Waals surface area contributed by atoms with Crippen LogP contribution in [0.3, 0.4) is 0 Å². The van der Waals surface area contributed by atoms with Gasteiger partial charge in [0.1, 0.15) is 5.92 Å². The van der Waals surface area contributed by atoms with Gasteiger partial charge < -0.3 is 5.32 Å². The standard InChI is InChI=1S/C10H18N2O/c1-5-10(3,4)7-12-9(13)8(2)6-11/h8H,5,7H2,1-4H3,(H,12,13). The molecule has 3 heteroatoms. The zero-order chi connectivity index (χ0) is 10.5. The van der Waals surface area contributed by atoms with E-state index in [4.69, 9.17) is 5.26 Å². The smallest absolute Gasteiger partial charge is 0.237 e. The first-order chi connectivity index (χ1) is 5.93. The fraction of sp³-hybridized carbons (Fsp3) is 0.800. The Labute approximate surface area is 80.1 Å². The van der Waals surface area contributed by atoms with Crippen molar-refractivity contribution >= 4 is 5.91 Å². The number of nitrogens with zero attached hydrogens (tertiary/aromatic N) is 1. The SMILES string of the molecule is CCC(C)(C)CNC(=O)C(C)C#N. The molecule has 0 fully saturated rings. The molecule has 3 nitrogen and oxygen atoms in total. The molecule has 0 aromatic rings. The number of hydrogen-bond acceptors (Lipinski definition) is 2. The Hall–Kier alpha value is -1.04. The largest absolute Gasteiger partial charge is 0.354 e. The molecular formula is C10H18N2O. The summed E-state index contributed by atoms with van der Waals surface area (Å²) >= 11 is 0. The van der Waals surface area contributed by atoms with Crippen molar-refractivity contribution in [1.29, 1.82) is 5.26 Å². The number of carbonyl (C=O) groups is 1. The molecule has 0 saturated heterocycles. The van der Waals surface area contributed by atoms with Crippen LogP contribution >= 0.6 is 0 Å². The van der Waals surface area contributed by atoms with Crippen molar-refractivity contribution < 1.29 is 4.79 Å². The van der Waals surface area contributed by atoms with Crippen LogP contribution in [0.15, 0.2) is 0 Å². The second-order valence-electron chi connectivity index (χ2n) is 4.09. The van der Waals surface area contributed by atoms with Gasteiger partial charge in [-0.25, -0.2) is 0 Å². The van der Waals surface area contributed by atoms with E-state index in [0.717, 1.165) is 6.42 Å². The average molecular weight is 182 g/mol. The quantitative estimate of drug-likeness (QED) is 0.719. The van der Waals surface area contributed by atoms with E-state index < -0.39 is 5.92 Å². The molecule has 0 bridgehead atoms. The fourth-order valence-corrected chi connectivity index (χ4v) is 0.663. The highest BCUT2D eigenvalue weighted by atomic mass is 16.1. The van der Waals surface area contributed by atoms with E-state index in [9.17, 15) is 4.79 Å². The highest BCUT2D eigenvalue weighted by Gasteiger charge is 2.18. The van der Waals surface area contributed by atoms with E-state index in [1.807, 2.05) is 6.07 Å². The number of rotatable bonds is 4. The summed E-state index contributed by atoms with van der Waals surface area (Å²) in [5.41, 5.74) is 0.116. The van der Waals surface area contributed by atoms with Crippen LogP contribution in [-0.4, -0.2) is 12.5 Å². The molecule has 1 amide bonds. The maximum Gasteiger partial charge on any atom is 0.237 e. The molecule has 13 heavy (non-hydrogen) atoms. The van der Waals surface area contributed by atoms with Crippen molar-refractivity contribution in [3.8, 4) is 6.07 Å². The lowest BCUT2D eigenvalue weighted by atomic mass is 9.90. The predicted molar refractivity (Wildman–Crippen MR) is 51.9 cm³/mol. The Morgan fingerprint density at radius 2 is 2.15 bits per heavy atom. The van der Waals surface area contributed by atoms with Gasteiger partial charge in [0.2, 0.25) is 5.91 Å². The highest BCUT2D eigenvalue weighted by Crippen LogP contribution is 2.17. The number of nitriles is 1. The molecule has 1 atom stereocenters. The molecule has 0 aliphatic carbocycles. The van der Waals surface area contributed by atoms with Crippen LogP contribution in [0.2, 0.25) is 0 Å². The van der Waals surface area contributed by atoms with E-state index in [1.165, 1.54) is 0 Å². The average Bonchev–Trinajstić information content (AvgIpc) is 2.13. The normalized spacial score (nSPS) is 13.2. The van der Waals surface area contributed by atoms with E-state index >= 15 is 0 Å². The Kier molecular flexibility index (Phi) is 4.47. The first-order valence-electron chi connectivity index (χ1n) is 4.60. The second-order valence-corrected chi connectivity index (χ2v) is 4.09. The minimum atomic E-state index is -0.548. The molecule has 1 unspecified atom stereocenters. The van der Waals surface area contributed by atoms with Crippen molar-refractivity contribution in [2.45, 2.75) is 34.1 Å². The molecular weight excluding hydrogens is 164 g/mol. The van der Waals surface area contributed by atoms with Gasteiger partial charge in [-0.1, -0.05) is 20.8 Å². The number of carbonyl (C=O) groups excluding carboxylic acids is 1. The Balaban J connectivity index is 3.91. The Morgan fingerprint density at radius 3 is 2.54 bits per heavy atom. The summed E-state index contributed by atoms with van der Waals surface area (Å²) in [6, 6.07) is 1.91. The second kappa shape index (κ2) is 4.86. The summed E-state index contributed by atoms with van der Waals surface area (Å²) < 4.78 is 0. The van der Waals surface area contributed by atoms with Crippen LogP contribution in [0.5, 0.6) is 0 Å². The molecule has 0 rings (SSSR count). The van der Waals surface area contributed by atoms with Crippen LogP contribution in [0.4, 0.5) is 0 Å². The Morgan fingerprint density at radius 1 is 1.62 bits per heavy atom.